The lowest BCUT2D eigenvalue weighted by Gasteiger charge is -2.31. The van der Waals surface area contributed by atoms with Crippen molar-refractivity contribution in [2.45, 2.75) is 542 Å². The standard InChI is InChI=1S/C108H216N10O6/c1-7-13-19-25-31-37-43-49-55-61-67-73-85-109-103(119)79-91-115(92-80-104(120)110-86-74-68-62-56-50-44-38-32-26-20-14-8-2)97-99-117(95-83-107(123)113-89-77-71-65-59-53-47-41-35-29-23-17-11-5)101-102-118(96-84-108(124)114-90-78-72-66-60-54-48-42-36-30-24-18-12-6)100-98-116(93-81-105(121)111-87-75-69-63-57-51-45-39-33-27-21-15-9-3)94-82-106(122)112-88-76-70-64-58-52-46-40-34-28-22-16-10-4/h7-102H2,1-6H3,(H,109,119)(H,110,120)(H,111,121)(H,112,122)(H,113,123)(H,114,124). The predicted molar refractivity (Wildman–Crippen MR) is 538 cm³/mol. The lowest BCUT2D eigenvalue weighted by molar-refractivity contribution is -0.123. The molecule has 0 aliphatic heterocycles. The summed E-state index contributed by atoms with van der Waals surface area (Å²) in [6, 6.07) is 0. The fourth-order valence-electron chi connectivity index (χ4n) is 17.4. The van der Waals surface area contributed by atoms with Gasteiger partial charge in [-0.2, -0.15) is 0 Å². The monoisotopic (exact) mass is 1750 g/mol. The smallest absolute Gasteiger partial charge is 0.221 e. The minimum atomic E-state index is 0.0554. The molecule has 0 saturated heterocycles. The molecular formula is C108H216N10O6. The number of unbranched alkanes of at least 4 members (excludes halogenated alkanes) is 66. The first kappa shape index (κ1) is 121. The summed E-state index contributed by atoms with van der Waals surface area (Å²) in [4.78, 5) is 92.1. The van der Waals surface area contributed by atoms with Crippen molar-refractivity contribution >= 4 is 35.4 Å². The normalized spacial score (nSPS) is 11.7. The lowest BCUT2D eigenvalue weighted by Crippen LogP contribution is -2.45. The highest BCUT2D eigenvalue weighted by Gasteiger charge is 2.20. The summed E-state index contributed by atoms with van der Waals surface area (Å²) in [7, 11) is 0. The van der Waals surface area contributed by atoms with E-state index in [-0.39, 0.29) is 35.4 Å². The highest BCUT2D eigenvalue weighted by atomic mass is 16.2. The van der Waals surface area contributed by atoms with Crippen LogP contribution in [-0.2, 0) is 28.8 Å². The van der Waals surface area contributed by atoms with Gasteiger partial charge in [-0.05, 0) is 38.5 Å². The van der Waals surface area contributed by atoms with E-state index in [1.807, 2.05) is 0 Å². The van der Waals surface area contributed by atoms with Gasteiger partial charge in [0.25, 0.3) is 0 Å². The zero-order valence-corrected chi connectivity index (χ0v) is 84.1. The average Bonchev–Trinajstić information content (AvgIpc) is 0.924. The Morgan fingerprint density at radius 2 is 0.218 bits per heavy atom. The number of nitrogens with zero attached hydrogens (tertiary/aromatic N) is 4. The molecule has 6 amide bonds. The molecule has 0 aliphatic rings. The summed E-state index contributed by atoms with van der Waals surface area (Å²) < 4.78 is 0. The second kappa shape index (κ2) is 102. The molecule has 0 saturated carbocycles. The molecule has 0 aromatic carbocycles. The van der Waals surface area contributed by atoms with E-state index in [9.17, 15) is 28.8 Å². The third kappa shape index (κ3) is 94.8. The molecule has 16 heteroatoms. The van der Waals surface area contributed by atoms with Crippen LogP contribution in [0.5, 0.6) is 0 Å². The third-order valence-corrected chi connectivity index (χ3v) is 26.2. The van der Waals surface area contributed by atoms with E-state index >= 15 is 0 Å². The summed E-state index contributed by atoms with van der Waals surface area (Å²) in [6.07, 6.45) is 94.0. The molecule has 6 N–H and O–H groups in total. The topological polar surface area (TPSA) is 188 Å². The molecule has 0 radical (unpaired) electrons. The molecule has 734 valence electrons. The Morgan fingerprint density at radius 1 is 0.129 bits per heavy atom. The maximum absolute atomic E-state index is 13.9. The molecule has 0 rings (SSSR count). The molecule has 0 unspecified atom stereocenters. The molecule has 0 fully saturated rings. The van der Waals surface area contributed by atoms with Crippen molar-refractivity contribution in [1.29, 1.82) is 0 Å². The second-order valence-electron chi connectivity index (χ2n) is 38.3. The van der Waals surface area contributed by atoms with Gasteiger partial charge in [-0.15, -0.1) is 0 Å². The van der Waals surface area contributed by atoms with Gasteiger partial charge in [0.05, 0.1) is 0 Å². The number of hydrogen-bond acceptors (Lipinski definition) is 10. The predicted octanol–water partition coefficient (Wildman–Crippen LogP) is 27.4. The van der Waals surface area contributed by atoms with Gasteiger partial charge in [0.2, 0.25) is 35.4 Å². The molecule has 124 heavy (non-hydrogen) atoms. The van der Waals surface area contributed by atoms with Crippen LogP contribution in [0.1, 0.15) is 542 Å². The molecule has 16 nitrogen and oxygen atoms in total. The summed E-state index contributed by atoms with van der Waals surface area (Å²) in [5.41, 5.74) is 0. The number of hydrogen-bond donors (Lipinski definition) is 6. The Labute approximate surface area is 771 Å². The van der Waals surface area contributed by atoms with E-state index < -0.39 is 0 Å². The first-order valence-corrected chi connectivity index (χ1v) is 55.5. The van der Waals surface area contributed by atoms with E-state index in [1.54, 1.807) is 0 Å². The van der Waals surface area contributed by atoms with Gasteiger partial charge in [-0.3, -0.25) is 28.8 Å². The summed E-state index contributed by atoms with van der Waals surface area (Å²) >= 11 is 0. The molecule has 0 atom stereocenters. The van der Waals surface area contributed by atoms with Crippen LogP contribution in [0.25, 0.3) is 0 Å². The maximum atomic E-state index is 13.9. The Bertz CT molecular complexity index is 1990. The SMILES string of the molecule is CCCCCCCCCCCCCCNC(=O)CCN(CCC(=O)NCCCCCCCCCCCCCC)CCN(CCC(=O)NCCCCCCCCCCCCCC)CCN(CCC(=O)NCCCCCCCCCCCCCC)CCN(CCC(=O)NCCCCCCCCCCCCCC)CCC(=O)NCCCCCCCCCCCCCC. The second-order valence-corrected chi connectivity index (χ2v) is 38.3. The van der Waals surface area contributed by atoms with Crippen LogP contribution in [0.2, 0.25) is 0 Å². The van der Waals surface area contributed by atoms with Crippen molar-refractivity contribution in [2.75, 3.05) is 118 Å². The summed E-state index contributed by atoms with van der Waals surface area (Å²) in [5, 5.41) is 19.6. The van der Waals surface area contributed by atoms with Crippen molar-refractivity contribution in [3.05, 3.63) is 0 Å². The Balaban J connectivity index is 6.85. The van der Waals surface area contributed by atoms with Gasteiger partial charge in [0.1, 0.15) is 0 Å². The van der Waals surface area contributed by atoms with E-state index in [1.165, 1.54) is 385 Å². The van der Waals surface area contributed by atoms with Crippen molar-refractivity contribution in [2.24, 2.45) is 0 Å². The minimum Gasteiger partial charge on any atom is -0.356 e. The Hall–Kier alpha value is -3.34. The Morgan fingerprint density at radius 3 is 0.323 bits per heavy atom. The first-order valence-electron chi connectivity index (χ1n) is 55.5. The molecular weight excluding hydrogens is 1530 g/mol. The number of amides is 6. The lowest BCUT2D eigenvalue weighted by atomic mass is 10.1. The molecule has 0 heterocycles. The fraction of sp³-hybridized carbons (Fsp3) is 0.944. The molecule has 0 bridgehead atoms. The summed E-state index contributed by atoms with van der Waals surface area (Å²) in [5.74, 6) is 0.348. The van der Waals surface area contributed by atoms with Gasteiger partial charge in [-0.25, -0.2) is 0 Å². The van der Waals surface area contributed by atoms with Crippen molar-refractivity contribution < 1.29 is 28.8 Å². The van der Waals surface area contributed by atoms with Gasteiger partial charge < -0.3 is 51.5 Å². The zero-order chi connectivity index (χ0) is 89.9. The number of nitrogens with one attached hydrogen (secondary N) is 6. The van der Waals surface area contributed by atoms with Crippen molar-refractivity contribution in [1.82, 2.24) is 51.5 Å². The first-order chi connectivity index (χ1) is 61.0. The summed E-state index contributed by atoms with van der Waals surface area (Å²) in [6.45, 7) is 24.9. The van der Waals surface area contributed by atoms with Gasteiger partial charge >= 0.3 is 0 Å². The number of carbonyl (C=O) groups is 6. The quantitative estimate of drug-likeness (QED) is 0.0320. The number of carbonyl (C=O) groups excluding carboxylic acids is 6. The Kier molecular flexibility index (Phi) is 99.0. The van der Waals surface area contributed by atoms with Crippen LogP contribution in [0, 0.1) is 0 Å². The van der Waals surface area contributed by atoms with Gasteiger partial charge in [-0.1, -0.05) is 465 Å². The van der Waals surface area contributed by atoms with Crippen LogP contribution < -0.4 is 31.9 Å². The zero-order valence-electron chi connectivity index (χ0n) is 84.1. The van der Waals surface area contributed by atoms with Crippen LogP contribution in [-0.4, -0.2) is 173 Å². The van der Waals surface area contributed by atoms with Crippen molar-refractivity contribution in [3.8, 4) is 0 Å². The molecule has 0 spiro atoms. The van der Waals surface area contributed by atoms with Crippen LogP contribution in [0.15, 0.2) is 0 Å². The van der Waals surface area contributed by atoms with Crippen molar-refractivity contribution in [3.63, 3.8) is 0 Å². The van der Waals surface area contributed by atoms with E-state index in [4.69, 9.17) is 0 Å². The van der Waals surface area contributed by atoms with Crippen LogP contribution in [0.3, 0.4) is 0 Å². The molecule has 0 aromatic rings. The minimum absolute atomic E-state index is 0.0554. The maximum Gasteiger partial charge on any atom is 0.221 e. The van der Waals surface area contributed by atoms with Crippen LogP contribution in [0.4, 0.5) is 0 Å². The van der Waals surface area contributed by atoms with Crippen LogP contribution >= 0.6 is 0 Å². The molecule has 0 aliphatic carbocycles. The highest BCUT2D eigenvalue weighted by Crippen LogP contribution is 2.20. The van der Waals surface area contributed by atoms with Gasteiger partial charge in [0, 0.05) is 156 Å². The molecule has 0 aromatic heterocycles. The fourth-order valence-corrected chi connectivity index (χ4v) is 17.4. The number of rotatable bonds is 105. The average molecular weight is 1750 g/mol. The van der Waals surface area contributed by atoms with E-state index in [0.29, 0.717) is 156 Å². The van der Waals surface area contributed by atoms with E-state index in [2.05, 4.69) is 93.0 Å². The van der Waals surface area contributed by atoms with E-state index in [0.717, 1.165) is 77.0 Å². The highest BCUT2D eigenvalue weighted by molar-refractivity contribution is 5.78. The largest absolute Gasteiger partial charge is 0.356 e. The van der Waals surface area contributed by atoms with Gasteiger partial charge in [0.15, 0.2) is 0 Å². The third-order valence-electron chi connectivity index (χ3n) is 26.2.